The number of aliphatic imine (C=N–C) groups is 1. The smallest absolute Gasteiger partial charge is 0.343 e. The van der Waals surface area contributed by atoms with Gasteiger partial charge < -0.3 is 9.47 Å². The highest BCUT2D eigenvalue weighted by Gasteiger charge is 2.35. The molecule has 0 aromatic heterocycles. The minimum atomic E-state index is -0.670. The molecule has 0 fully saturated rings. The lowest BCUT2D eigenvalue weighted by atomic mass is 10.1. The topological polar surface area (TPSA) is 104 Å². The maximum Gasteiger partial charge on any atom is 0.343 e. The van der Waals surface area contributed by atoms with Gasteiger partial charge in [-0.1, -0.05) is 13.0 Å². The lowest BCUT2D eigenvalue weighted by Crippen LogP contribution is -2.35. The minimum Gasteiger partial charge on any atom is -0.493 e. The summed E-state index contributed by atoms with van der Waals surface area (Å²) in [4.78, 5) is 28.8. The summed E-state index contributed by atoms with van der Waals surface area (Å²) in [6.45, 7) is 1.93. The van der Waals surface area contributed by atoms with Gasteiger partial charge in [-0.2, -0.15) is 15.1 Å². The lowest BCUT2D eigenvalue weighted by Gasteiger charge is -2.20. The molecule has 0 saturated carbocycles. The summed E-state index contributed by atoms with van der Waals surface area (Å²) in [5.41, 5.74) is 0.806. The third-order valence-electron chi connectivity index (χ3n) is 4.58. The highest BCUT2D eigenvalue weighted by molar-refractivity contribution is 8.26. The number of hydrazone groups is 1. The van der Waals surface area contributed by atoms with Gasteiger partial charge in [-0.15, -0.1) is 0 Å². The van der Waals surface area contributed by atoms with Crippen LogP contribution in [-0.4, -0.2) is 40.0 Å². The third kappa shape index (κ3) is 4.17. The van der Waals surface area contributed by atoms with E-state index in [2.05, 4.69) is 10.1 Å². The average molecular weight is 452 g/mol. The normalized spacial score (nSPS) is 16.6. The van der Waals surface area contributed by atoms with Crippen molar-refractivity contribution in [3.8, 4) is 11.5 Å². The number of hydrogen-bond acceptors (Lipinski definition) is 7. The van der Waals surface area contributed by atoms with E-state index in [-0.39, 0.29) is 28.5 Å². The standard InChI is InChI=1S/C22H17FN4O4S/c1-3-18-26-27-19(24)15(20(28)25-22(27)32-18)10-12-4-9-16(17(11-12)30-2)31-21(29)13-5-7-14(23)8-6-13/h4-11,24H,3H2,1-2H3. The first-order valence-corrected chi connectivity index (χ1v) is 10.4. The summed E-state index contributed by atoms with van der Waals surface area (Å²) in [6.07, 6.45) is 2.18. The van der Waals surface area contributed by atoms with Gasteiger partial charge >= 0.3 is 5.97 Å². The largest absolute Gasteiger partial charge is 0.493 e. The van der Waals surface area contributed by atoms with E-state index in [0.29, 0.717) is 17.2 Å². The van der Waals surface area contributed by atoms with Crippen molar-refractivity contribution >= 4 is 45.8 Å². The molecule has 162 valence electrons. The molecule has 2 aromatic rings. The number of thioether (sulfide) groups is 1. The molecular formula is C22H17FN4O4S. The number of esters is 1. The van der Waals surface area contributed by atoms with Gasteiger partial charge in [-0.25, -0.2) is 9.18 Å². The van der Waals surface area contributed by atoms with Crippen molar-refractivity contribution in [2.24, 2.45) is 10.1 Å². The van der Waals surface area contributed by atoms with Gasteiger partial charge in [0.25, 0.3) is 5.91 Å². The molecule has 2 heterocycles. The minimum absolute atomic E-state index is 0.0678. The van der Waals surface area contributed by atoms with Crippen molar-refractivity contribution in [3.05, 3.63) is 65.0 Å². The maximum absolute atomic E-state index is 13.1. The summed E-state index contributed by atoms with van der Waals surface area (Å²) < 4.78 is 23.7. The van der Waals surface area contributed by atoms with Crippen molar-refractivity contribution in [1.29, 1.82) is 5.41 Å². The first-order chi connectivity index (χ1) is 15.4. The van der Waals surface area contributed by atoms with Crippen molar-refractivity contribution in [3.63, 3.8) is 0 Å². The molecule has 32 heavy (non-hydrogen) atoms. The van der Waals surface area contributed by atoms with Crippen molar-refractivity contribution in [2.45, 2.75) is 13.3 Å². The second kappa shape index (κ2) is 8.75. The van der Waals surface area contributed by atoms with Gasteiger partial charge in [0.2, 0.25) is 5.17 Å². The maximum atomic E-state index is 13.1. The lowest BCUT2D eigenvalue weighted by molar-refractivity contribution is -0.114. The fourth-order valence-electron chi connectivity index (χ4n) is 2.94. The Hall–Kier alpha value is -3.79. The number of nitrogens with one attached hydrogen (secondary N) is 1. The van der Waals surface area contributed by atoms with E-state index >= 15 is 0 Å². The van der Waals surface area contributed by atoms with Crippen LogP contribution in [0.2, 0.25) is 0 Å². The Kier molecular flexibility index (Phi) is 5.87. The second-order valence-electron chi connectivity index (χ2n) is 6.67. The number of ether oxygens (including phenoxy) is 2. The third-order valence-corrected chi connectivity index (χ3v) is 5.63. The number of halogens is 1. The highest BCUT2D eigenvalue weighted by atomic mass is 32.2. The molecule has 2 aliphatic rings. The molecule has 0 radical (unpaired) electrons. The summed E-state index contributed by atoms with van der Waals surface area (Å²) in [5, 5.41) is 15.2. The summed E-state index contributed by atoms with van der Waals surface area (Å²) in [6, 6.07) is 9.67. The molecule has 1 amide bonds. The fraction of sp³-hybridized carbons (Fsp3) is 0.136. The monoisotopic (exact) mass is 452 g/mol. The Labute approximate surface area is 186 Å². The molecular weight excluding hydrogens is 435 g/mol. The van der Waals surface area contributed by atoms with E-state index in [4.69, 9.17) is 14.9 Å². The zero-order chi connectivity index (χ0) is 22.8. The Balaban J connectivity index is 1.59. The van der Waals surface area contributed by atoms with Crippen LogP contribution in [0.15, 0.2) is 58.1 Å². The molecule has 2 aromatic carbocycles. The van der Waals surface area contributed by atoms with Crippen LogP contribution in [0.4, 0.5) is 4.39 Å². The number of methoxy groups -OCH3 is 1. The Bertz CT molecular complexity index is 1220. The number of amides is 1. The number of carbonyl (C=O) groups is 2. The molecule has 0 unspecified atom stereocenters. The summed E-state index contributed by atoms with van der Waals surface area (Å²) in [7, 11) is 1.41. The number of hydrogen-bond donors (Lipinski definition) is 1. The van der Waals surface area contributed by atoms with Gasteiger partial charge in [0.05, 0.1) is 18.2 Å². The van der Waals surface area contributed by atoms with Crippen molar-refractivity contribution in [1.82, 2.24) is 5.01 Å². The van der Waals surface area contributed by atoms with E-state index in [1.165, 1.54) is 60.3 Å². The second-order valence-corrected chi connectivity index (χ2v) is 7.71. The predicted molar refractivity (Wildman–Crippen MR) is 120 cm³/mol. The van der Waals surface area contributed by atoms with Gasteiger partial charge in [0.15, 0.2) is 17.3 Å². The van der Waals surface area contributed by atoms with Crippen LogP contribution in [0, 0.1) is 11.2 Å². The van der Waals surface area contributed by atoms with Crippen molar-refractivity contribution in [2.75, 3.05) is 7.11 Å². The van der Waals surface area contributed by atoms with E-state index < -0.39 is 17.7 Å². The molecule has 0 saturated heterocycles. The number of amidine groups is 2. The quantitative estimate of drug-likeness (QED) is 0.416. The summed E-state index contributed by atoms with van der Waals surface area (Å²) in [5.74, 6) is -1.33. The molecule has 0 atom stereocenters. The number of fused-ring (bicyclic) bond motifs is 1. The predicted octanol–water partition coefficient (Wildman–Crippen LogP) is 4.08. The van der Waals surface area contributed by atoms with Crippen molar-refractivity contribution < 1.29 is 23.5 Å². The van der Waals surface area contributed by atoms with E-state index in [9.17, 15) is 14.0 Å². The number of nitrogens with zero attached hydrogens (tertiary/aromatic N) is 3. The summed E-state index contributed by atoms with van der Waals surface area (Å²) >= 11 is 1.27. The molecule has 4 rings (SSSR count). The molecule has 8 nitrogen and oxygen atoms in total. The number of benzene rings is 2. The van der Waals surface area contributed by atoms with Crippen LogP contribution in [0.5, 0.6) is 11.5 Å². The van der Waals surface area contributed by atoms with E-state index in [1.807, 2.05) is 6.92 Å². The van der Waals surface area contributed by atoms with Crippen LogP contribution in [-0.2, 0) is 4.79 Å². The Morgan fingerprint density at radius 1 is 1.22 bits per heavy atom. The van der Waals surface area contributed by atoms with E-state index in [0.717, 1.165) is 5.04 Å². The van der Waals surface area contributed by atoms with Crippen LogP contribution in [0.3, 0.4) is 0 Å². The van der Waals surface area contributed by atoms with Crippen LogP contribution in [0.25, 0.3) is 6.08 Å². The van der Waals surface area contributed by atoms with Gasteiger partial charge in [-0.05, 0) is 66.2 Å². The first kappa shape index (κ1) is 21.4. The molecule has 1 N–H and O–H groups in total. The molecule has 10 heteroatoms. The Morgan fingerprint density at radius 3 is 2.66 bits per heavy atom. The van der Waals surface area contributed by atoms with Crippen LogP contribution < -0.4 is 9.47 Å². The van der Waals surface area contributed by atoms with E-state index in [1.54, 1.807) is 12.1 Å². The first-order valence-electron chi connectivity index (χ1n) is 9.54. The number of carbonyl (C=O) groups excluding carboxylic acids is 2. The molecule has 0 bridgehead atoms. The molecule has 0 aliphatic carbocycles. The Morgan fingerprint density at radius 2 is 1.97 bits per heavy atom. The molecule has 2 aliphatic heterocycles. The molecule has 0 spiro atoms. The van der Waals surface area contributed by atoms with Gasteiger partial charge in [0.1, 0.15) is 10.9 Å². The fourth-order valence-corrected chi connectivity index (χ4v) is 3.77. The van der Waals surface area contributed by atoms with Gasteiger partial charge in [-0.3, -0.25) is 10.2 Å². The van der Waals surface area contributed by atoms with Crippen LogP contribution in [0.1, 0.15) is 29.3 Å². The average Bonchev–Trinajstić information content (AvgIpc) is 3.21. The van der Waals surface area contributed by atoms with Gasteiger partial charge in [0, 0.05) is 0 Å². The zero-order valence-electron chi connectivity index (χ0n) is 17.1. The highest BCUT2D eigenvalue weighted by Crippen LogP contribution is 2.32. The van der Waals surface area contributed by atoms with Crippen LogP contribution >= 0.6 is 11.8 Å². The number of rotatable bonds is 5. The SMILES string of the molecule is CCC1=NN2C(=N)C(=Cc3ccc(OC(=O)c4ccc(F)cc4)c(OC)c3)C(=O)N=C2S1. The zero-order valence-corrected chi connectivity index (χ0v) is 17.9.